The summed E-state index contributed by atoms with van der Waals surface area (Å²) in [4.78, 5) is 78.5. The first kappa shape index (κ1) is 47.6. The second kappa shape index (κ2) is 23.7. The van der Waals surface area contributed by atoms with Gasteiger partial charge in [0.05, 0.1) is 35.0 Å². The van der Waals surface area contributed by atoms with E-state index in [0.29, 0.717) is 51.3 Å². The molecule has 4 atom stereocenters. The van der Waals surface area contributed by atoms with Gasteiger partial charge in [0.25, 0.3) is 5.91 Å². The topological polar surface area (TPSA) is 174 Å². The van der Waals surface area contributed by atoms with Gasteiger partial charge in [-0.2, -0.15) is 0 Å². The van der Waals surface area contributed by atoms with Crippen LogP contribution in [-0.4, -0.2) is 117 Å². The highest BCUT2D eigenvalue weighted by Gasteiger charge is 2.43. The number of hydrogen-bond acceptors (Lipinski definition) is 10. The van der Waals surface area contributed by atoms with Gasteiger partial charge >= 0.3 is 0 Å². The maximum Gasteiger partial charge on any atom is 0.253 e. The fourth-order valence-corrected chi connectivity index (χ4v) is 10.5. The van der Waals surface area contributed by atoms with Crippen molar-refractivity contribution in [1.82, 2.24) is 36.5 Å². The molecule has 0 radical (unpaired) electrons. The zero-order valence-corrected chi connectivity index (χ0v) is 38.7. The summed E-state index contributed by atoms with van der Waals surface area (Å²) in [6.45, 7) is 6.01. The normalized spacial score (nSPS) is 18.2. The molecule has 1 aliphatic carbocycles. The van der Waals surface area contributed by atoms with Crippen molar-refractivity contribution < 1.29 is 28.7 Å². The highest BCUT2D eigenvalue weighted by Crippen LogP contribution is 2.33. The Morgan fingerprint density at radius 3 is 2.06 bits per heavy atom. The number of para-hydroxylation sites is 1. The van der Waals surface area contributed by atoms with Gasteiger partial charge in [-0.15, -0.1) is 0 Å². The van der Waals surface area contributed by atoms with Crippen molar-refractivity contribution in [2.75, 3.05) is 57.9 Å². The van der Waals surface area contributed by atoms with Gasteiger partial charge in [0.2, 0.25) is 23.6 Å². The molecule has 348 valence electrons. The van der Waals surface area contributed by atoms with Gasteiger partial charge < -0.3 is 41.1 Å². The Morgan fingerprint density at radius 2 is 1.40 bits per heavy atom. The molecule has 3 fully saturated rings. The highest BCUT2D eigenvalue weighted by molar-refractivity contribution is 7.22. The van der Waals surface area contributed by atoms with Gasteiger partial charge in [0.15, 0.2) is 5.13 Å². The number of anilines is 1. The van der Waals surface area contributed by atoms with Crippen LogP contribution in [0.2, 0.25) is 0 Å². The molecule has 3 aromatic carbocycles. The lowest BCUT2D eigenvalue weighted by molar-refractivity contribution is -0.143. The van der Waals surface area contributed by atoms with E-state index in [9.17, 15) is 24.0 Å². The Morgan fingerprint density at radius 1 is 0.738 bits per heavy atom. The Labute approximate surface area is 387 Å². The van der Waals surface area contributed by atoms with Crippen molar-refractivity contribution in [3.8, 4) is 0 Å². The average molecular weight is 907 g/mol. The molecule has 3 heterocycles. The van der Waals surface area contributed by atoms with E-state index in [1.165, 1.54) is 0 Å². The number of carbonyl (C=O) groups excluding carboxylic acids is 5. The standard InChI is InChI=1S/C50H66N8O6S/c1-34(51-2)45(59)54-42(37-22-12-7-13-23-37)49(63)58-29-17-25-39(58)47(61)55-44(41(35-18-8-5-9-19-35)36-20-10-6-11-21-36)48(62)53-28-15-4-3-14-27-52-46(60)38-24-16-26-40-43(38)56-50(65-40)57-30-32-64-33-31-57/h5-6,8-11,16,18-21,24,26,34,37,39,41-42,44,51H,3-4,7,12-15,17,22-23,25,27-33H2,1-2H3,(H,52,60)(H,53,62)(H,54,59)(H,55,61)/t34?,39-,42?,44?/m0/s1. The number of rotatable bonds is 20. The molecule has 3 unspecified atom stereocenters. The van der Waals surface area contributed by atoms with Crippen LogP contribution in [0.5, 0.6) is 0 Å². The van der Waals surface area contributed by atoms with Gasteiger partial charge in [0.1, 0.15) is 18.1 Å². The Hall–Kier alpha value is -5.38. The Bertz CT molecular complexity index is 2160. The minimum absolute atomic E-state index is 0.00886. The fraction of sp³-hybridized carbons (Fsp3) is 0.520. The number of nitrogens with one attached hydrogen (secondary N) is 5. The van der Waals surface area contributed by atoms with Crippen LogP contribution < -0.4 is 31.5 Å². The first-order valence-corrected chi connectivity index (χ1v) is 24.5. The third kappa shape index (κ3) is 12.3. The molecule has 14 nitrogen and oxygen atoms in total. The molecule has 7 rings (SSSR count). The van der Waals surface area contributed by atoms with Gasteiger partial charge in [-0.3, -0.25) is 24.0 Å². The number of benzene rings is 3. The molecule has 3 aliphatic rings. The summed E-state index contributed by atoms with van der Waals surface area (Å²) in [5, 5.41) is 16.3. The third-order valence-electron chi connectivity index (χ3n) is 13.2. The van der Waals surface area contributed by atoms with E-state index in [1.54, 1.807) is 30.2 Å². The van der Waals surface area contributed by atoms with Crippen LogP contribution in [0.15, 0.2) is 78.9 Å². The molecule has 15 heteroatoms. The summed E-state index contributed by atoms with van der Waals surface area (Å²) in [7, 11) is 1.71. The molecule has 1 aromatic heterocycles. The van der Waals surface area contributed by atoms with Crippen molar-refractivity contribution in [3.63, 3.8) is 0 Å². The fourth-order valence-electron chi connectivity index (χ4n) is 9.42. The van der Waals surface area contributed by atoms with Gasteiger partial charge in [-0.1, -0.05) is 110 Å². The number of nitrogens with zero attached hydrogens (tertiary/aromatic N) is 3. The Kier molecular flexibility index (Phi) is 17.3. The van der Waals surface area contributed by atoms with Crippen LogP contribution in [0.25, 0.3) is 10.2 Å². The van der Waals surface area contributed by atoms with E-state index in [4.69, 9.17) is 9.72 Å². The van der Waals surface area contributed by atoms with E-state index >= 15 is 0 Å². The second-order valence-electron chi connectivity index (χ2n) is 17.6. The highest BCUT2D eigenvalue weighted by atomic mass is 32.1. The number of hydrogen-bond donors (Lipinski definition) is 5. The number of amides is 5. The van der Waals surface area contributed by atoms with Crippen molar-refractivity contribution >= 4 is 56.2 Å². The third-order valence-corrected chi connectivity index (χ3v) is 14.3. The molecule has 0 spiro atoms. The number of morpholine rings is 1. The predicted octanol–water partition coefficient (Wildman–Crippen LogP) is 5.52. The maximum absolute atomic E-state index is 14.5. The van der Waals surface area contributed by atoms with E-state index in [1.807, 2.05) is 78.9 Å². The lowest BCUT2D eigenvalue weighted by atomic mass is 9.83. The van der Waals surface area contributed by atoms with Crippen LogP contribution in [-0.2, 0) is 23.9 Å². The van der Waals surface area contributed by atoms with Gasteiger partial charge in [-0.05, 0) is 81.7 Å². The molecule has 2 aliphatic heterocycles. The zero-order valence-electron chi connectivity index (χ0n) is 37.9. The second-order valence-corrected chi connectivity index (χ2v) is 18.6. The van der Waals surface area contributed by atoms with Gasteiger partial charge in [-0.25, -0.2) is 4.98 Å². The van der Waals surface area contributed by atoms with Crippen molar-refractivity contribution in [2.45, 2.75) is 108 Å². The summed E-state index contributed by atoms with van der Waals surface area (Å²) in [6.07, 6.45) is 9.06. The number of aromatic nitrogens is 1. The summed E-state index contributed by atoms with van der Waals surface area (Å²) in [5.41, 5.74) is 3.05. The first-order valence-electron chi connectivity index (χ1n) is 23.7. The zero-order chi connectivity index (χ0) is 45.5. The number of thiazole rings is 1. The monoisotopic (exact) mass is 906 g/mol. The number of likely N-dealkylation sites (N-methyl/N-ethyl adjacent to an activating group) is 1. The largest absolute Gasteiger partial charge is 0.378 e. The predicted molar refractivity (Wildman–Crippen MR) is 255 cm³/mol. The minimum Gasteiger partial charge on any atom is -0.378 e. The molecule has 4 aromatic rings. The molecule has 5 N–H and O–H groups in total. The van der Waals surface area contributed by atoms with Crippen LogP contribution in [0.1, 0.15) is 105 Å². The first-order chi connectivity index (χ1) is 31.7. The number of unbranched alkanes of at least 4 members (excludes halogenated alkanes) is 3. The lowest BCUT2D eigenvalue weighted by Crippen LogP contribution is -2.59. The van der Waals surface area contributed by atoms with Crippen LogP contribution >= 0.6 is 11.3 Å². The maximum atomic E-state index is 14.5. The van der Waals surface area contributed by atoms with E-state index < -0.39 is 30.1 Å². The van der Waals surface area contributed by atoms with Crippen molar-refractivity contribution in [1.29, 1.82) is 0 Å². The summed E-state index contributed by atoms with van der Waals surface area (Å²) >= 11 is 1.60. The minimum atomic E-state index is -0.975. The number of likely N-dealkylation sites (tertiary alicyclic amines) is 1. The molecule has 1 saturated carbocycles. The molecular formula is C50H66N8O6S. The number of fused-ring (bicyclic) bond motifs is 1. The molecule has 2 saturated heterocycles. The lowest BCUT2D eigenvalue weighted by Gasteiger charge is -2.36. The molecule has 5 amide bonds. The number of carbonyl (C=O) groups is 5. The summed E-state index contributed by atoms with van der Waals surface area (Å²) < 4.78 is 6.48. The molecule has 65 heavy (non-hydrogen) atoms. The van der Waals surface area contributed by atoms with Crippen LogP contribution in [0.3, 0.4) is 0 Å². The summed E-state index contributed by atoms with van der Waals surface area (Å²) in [6, 6.07) is 22.2. The van der Waals surface area contributed by atoms with E-state index in [-0.39, 0.29) is 35.5 Å². The summed E-state index contributed by atoms with van der Waals surface area (Å²) in [5.74, 6) is -1.81. The van der Waals surface area contributed by atoms with Gasteiger partial charge in [0, 0.05) is 38.6 Å². The molecule has 0 bridgehead atoms. The SMILES string of the molecule is CNC(C)C(=O)NC(C(=O)N1CCC[C@H]1C(=O)NC(C(=O)NCCCCCCNC(=O)c1cccc2sc(N3CCOCC3)nc12)C(c1ccccc1)c1ccccc1)C1CCCCC1. The van der Waals surface area contributed by atoms with Crippen molar-refractivity contribution in [2.24, 2.45) is 5.92 Å². The average Bonchev–Trinajstić information content (AvgIpc) is 4.03. The smallest absolute Gasteiger partial charge is 0.253 e. The Balaban J connectivity index is 0.971. The van der Waals surface area contributed by atoms with E-state index in [2.05, 4.69) is 31.5 Å². The van der Waals surface area contributed by atoms with Crippen molar-refractivity contribution in [3.05, 3.63) is 95.6 Å². The molecular weight excluding hydrogens is 841 g/mol. The van der Waals surface area contributed by atoms with E-state index in [0.717, 1.165) is 97.4 Å². The quantitative estimate of drug-likeness (QED) is 0.0716. The van der Waals surface area contributed by atoms with Crippen LogP contribution in [0.4, 0.5) is 5.13 Å². The number of ether oxygens (including phenoxy) is 1. The van der Waals surface area contributed by atoms with Crippen LogP contribution in [0, 0.1) is 5.92 Å².